The largest absolute Gasteiger partial charge is 0.453 e. The summed E-state index contributed by atoms with van der Waals surface area (Å²) in [4.78, 5) is 32.4. The van der Waals surface area contributed by atoms with Crippen LogP contribution in [0, 0.1) is 11.3 Å². The van der Waals surface area contributed by atoms with E-state index < -0.39 is 18.4 Å². The van der Waals surface area contributed by atoms with Gasteiger partial charge in [-0.3, -0.25) is 4.79 Å². The lowest BCUT2D eigenvalue weighted by Crippen LogP contribution is -2.27. The molecule has 0 radical (unpaired) electrons. The summed E-state index contributed by atoms with van der Waals surface area (Å²) in [6.45, 7) is 3.57. The number of aromatic nitrogens is 1. The van der Waals surface area contributed by atoms with Crippen LogP contribution in [0.2, 0.25) is 0 Å². The zero-order valence-corrected chi connectivity index (χ0v) is 16.8. The predicted octanol–water partition coefficient (Wildman–Crippen LogP) is 2.79. The Hall–Kier alpha value is -3.64. The smallest absolute Gasteiger partial charge is 0.358 e. The van der Waals surface area contributed by atoms with E-state index in [9.17, 15) is 14.9 Å². The van der Waals surface area contributed by atoms with Crippen LogP contribution in [0.1, 0.15) is 10.5 Å². The van der Waals surface area contributed by atoms with Crippen molar-refractivity contribution in [2.24, 2.45) is 0 Å². The van der Waals surface area contributed by atoms with E-state index in [4.69, 9.17) is 4.74 Å². The van der Waals surface area contributed by atoms with Gasteiger partial charge in [0.25, 0.3) is 0 Å². The van der Waals surface area contributed by atoms with Crippen molar-refractivity contribution in [2.75, 3.05) is 42.4 Å². The molecule has 2 aromatic rings. The van der Waals surface area contributed by atoms with Gasteiger partial charge < -0.3 is 19.9 Å². The van der Waals surface area contributed by atoms with Crippen LogP contribution in [0.4, 0.5) is 16.5 Å². The summed E-state index contributed by atoms with van der Waals surface area (Å²) in [6, 6.07) is 9.52. The number of anilines is 3. The zero-order chi connectivity index (χ0) is 21.0. The fraction of sp³-hybridized carbons (Fsp3) is 0.200. The van der Waals surface area contributed by atoms with E-state index >= 15 is 0 Å². The molecular weight excluding hydrogens is 390 g/mol. The number of hydrogen-bond donors (Lipinski definition) is 1. The van der Waals surface area contributed by atoms with Gasteiger partial charge in [-0.05, 0) is 12.1 Å². The molecule has 0 amide bonds. The number of esters is 1. The van der Waals surface area contributed by atoms with Crippen molar-refractivity contribution in [2.45, 2.75) is 0 Å². The monoisotopic (exact) mass is 409 g/mol. The number of ether oxygens (including phenoxy) is 1. The number of Topliss-reactive ketones (excluding diaryl/α,β-unsaturated/α-hetero) is 1. The van der Waals surface area contributed by atoms with Crippen molar-refractivity contribution in [3.8, 4) is 6.07 Å². The van der Waals surface area contributed by atoms with Crippen LogP contribution in [-0.4, -0.2) is 44.0 Å². The maximum Gasteiger partial charge on any atom is 0.358 e. The van der Waals surface area contributed by atoms with Crippen LogP contribution in [0.5, 0.6) is 0 Å². The van der Waals surface area contributed by atoms with Gasteiger partial charge in [0.15, 0.2) is 17.4 Å². The number of ketones is 1. The standard InChI is InChI=1S/C20H19N5O3S/c1-4-9-22-20-23-14(12-29-20)19(27)28-11-17(26)13(10-21)18-24(2)15-7-5-6-8-16(15)25(18)3/h4-8,12H,1,9,11H2,2-3H3,(H,22,23). The highest BCUT2D eigenvalue weighted by Gasteiger charge is 2.31. The van der Waals surface area contributed by atoms with Gasteiger partial charge in [0.05, 0.1) is 11.4 Å². The molecule has 0 atom stereocenters. The topological polar surface area (TPSA) is 98.6 Å². The molecule has 1 aliphatic rings. The molecule has 148 valence electrons. The van der Waals surface area contributed by atoms with Crippen LogP contribution >= 0.6 is 11.3 Å². The molecule has 9 heteroatoms. The Labute approximate surface area is 172 Å². The Kier molecular flexibility index (Phi) is 5.95. The van der Waals surface area contributed by atoms with E-state index in [0.717, 1.165) is 11.4 Å². The SMILES string of the molecule is C=CCNc1nc(C(=O)OCC(=O)C(C#N)=C2N(C)c3ccccc3N2C)cs1. The van der Waals surface area contributed by atoms with E-state index in [2.05, 4.69) is 16.9 Å². The average molecular weight is 409 g/mol. The highest BCUT2D eigenvalue weighted by Crippen LogP contribution is 2.40. The van der Waals surface area contributed by atoms with E-state index in [1.54, 1.807) is 30.0 Å². The lowest BCUT2D eigenvalue weighted by atomic mass is 10.2. The fourth-order valence-corrected chi connectivity index (χ4v) is 3.63. The molecule has 0 bridgehead atoms. The summed E-state index contributed by atoms with van der Waals surface area (Å²) >= 11 is 1.25. The third kappa shape index (κ3) is 3.97. The fourth-order valence-electron chi connectivity index (χ4n) is 2.94. The number of nitrogens with zero attached hydrogens (tertiary/aromatic N) is 4. The molecule has 0 spiro atoms. The molecule has 29 heavy (non-hydrogen) atoms. The van der Waals surface area contributed by atoms with Crippen LogP contribution in [-0.2, 0) is 9.53 Å². The molecule has 0 saturated heterocycles. The maximum atomic E-state index is 12.6. The van der Waals surface area contributed by atoms with Gasteiger partial charge in [0.1, 0.15) is 17.5 Å². The molecular formula is C20H19N5O3S. The molecule has 0 aliphatic carbocycles. The predicted molar refractivity (Wildman–Crippen MR) is 112 cm³/mol. The number of carbonyl (C=O) groups excluding carboxylic acids is 2. The maximum absolute atomic E-state index is 12.6. The molecule has 0 unspecified atom stereocenters. The van der Waals surface area contributed by atoms with Crippen LogP contribution in [0.15, 0.2) is 53.7 Å². The van der Waals surface area contributed by atoms with Gasteiger partial charge in [-0.2, -0.15) is 5.26 Å². The van der Waals surface area contributed by atoms with E-state index in [1.807, 2.05) is 30.3 Å². The second kappa shape index (κ2) is 8.58. The summed E-state index contributed by atoms with van der Waals surface area (Å²) in [5.74, 6) is -0.859. The lowest BCUT2D eigenvalue weighted by Gasteiger charge is -2.19. The average Bonchev–Trinajstić information content (AvgIpc) is 3.30. The van der Waals surface area contributed by atoms with Crippen LogP contribution in [0.25, 0.3) is 0 Å². The van der Waals surface area contributed by atoms with E-state index in [-0.39, 0.29) is 11.3 Å². The number of benzene rings is 1. The van der Waals surface area contributed by atoms with Crippen molar-refractivity contribution < 1.29 is 14.3 Å². The molecule has 8 nitrogen and oxygen atoms in total. The Morgan fingerprint density at radius 2 is 1.97 bits per heavy atom. The first-order chi connectivity index (χ1) is 14.0. The first kappa shape index (κ1) is 20.1. The van der Waals surface area contributed by atoms with Crippen molar-refractivity contribution >= 4 is 39.6 Å². The molecule has 2 heterocycles. The van der Waals surface area contributed by atoms with Gasteiger partial charge in [-0.1, -0.05) is 18.2 Å². The number of thiazole rings is 1. The Morgan fingerprint density at radius 3 is 2.55 bits per heavy atom. The number of nitrogens with one attached hydrogen (secondary N) is 1. The summed E-state index contributed by atoms with van der Waals surface area (Å²) in [6.07, 6.45) is 1.67. The summed E-state index contributed by atoms with van der Waals surface area (Å²) in [5.41, 5.74) is 1.78. The zero-order valence-electron chi connectivity index (χ0n) is 16.0. The Balaban J connectivity index is 1.72. The number of hydrogen-bond acceptors (Lipinski definition) is 9. The van der Waals surface area contributed by atoms with Crippen molar-refractivity contribution in [1.29, 1.82) is 5.26 Å². The summed E-state index contributed by atoms with van der Waals surface area (Å²) < 4.78 is 5.08. The first-order valence-electron chi connectivity index (χ1n) is 8.69. The third-order valence-electron chi connectivity index (χ3n) is 4.30. The Morgan fingerprint density at radius 1 is 1.31 bits per heavy atom. The molecule has 1 aliphatic heterocycles. The van der Waals surface area contributed by atoms with Crippen LogP contribution < -0.4 is 15.1 Å². The first-order valence-corrected chi connectivity index (χ1v) is 9.57. The van der Waals surface area contributed by atoms with Gasteiger partial charge in [0.2, 0.25) is 5.78 Å². The van der Waals surface area contributed by atoms with Crippen molar-refractivity contribution in [3.05, 3.63) is 59.4 Å². The summed E-state index contributed by atoms with van der Waals surface area (Å²) in [5, 5.41) is 14.6. The van der Waals surface area contributed by atoms with E-state index in [0.29, 0.717) is 17.5 Å². The second-order valence-corrected chi connectivity index (χ2v) is 6.98. The summed E-state index contributed by atoms with van der Waals surface area (Å²) in [7, 11) is 3.56. The van der Waals surface area contributed by atoms with Gasteiger partial charge in [0, 0.05) is 26.0 Å². The number of carbonyl (C=O) groups is 2. The molecule has 1 aromatic carbocycles. The lowest BCUT2D eigenvalue weighted by molar-refractivity contribution is -0.118. The molecule has 1 N–H and O–H groups in total. The van der Waals surface area contributed by atoms with Crippen molar-refractivity contribution in [3.63, 3.8) is 0 Å². The minimum Gasteiger partial charge on any atom is -0.453 e. The minimum absolute atomic E-state index is 0.0781. The highest BCUT2D eigenvalue weighted by molar-refractivity contribution is 7.13. The molecule has 0 fully saturated rings. The minimum atomic E-state index is -0.722. The molecule has 3 rings (SSSR count). The second-order valence-electron chi connectivity index (χ2n) is 6.12. The quantitative estimate of drug-likeness (QED) is 0.323. The number of para-hydroxylation sites is 2. The third-order valence-corrected chi connectivity index (χ3v) is 5.10. The van der Waals surface area contributed by atoms with Crippen molar-refractivity contribution in [1.82, 2.24) is 4.98 Å². The van der Waals surface area contributed by atoms with Gasteiger partial charge >= 0.3 is 5.97 Å². The number of nitriles is 1. The normalized spacial score (nSPS) is 12.2. The van der Waals surface area contributed by atoms with E-state index in [1.165, 1.54) is 16.7 Å². The van der Waals surface area contributed by atoms with Gasteiger partial charge in [-0.25, -0.2) is 9.78 Å². The number of rotatable bonds is 7. The molecule has 1 aromatic heterocycles. The highest BCUT2D eigenvalue weighted by atomic mass is 32.1. The molecule has 0 saturated carbocycles. The number of fused-ring (bicyclic) bond motifs is 1. The van der Waals surface area contributed by atoms with Gasteiger partial charge in [-0.15, -0.1) is 17.9 Å². The Bertz CT molecular complexity index is 1010. The van der Waals surface area contributed by atoms with Crippen LogP contribution in [0.3, 0.4) is 0 Å².